The fourth-order valence-electron chi connectivity index (χ4n) is 1.56. The third-order valence-electron chi connectivity index (χ3n) is 2.54. The van der Waals surface area contributed by atoms with Crippen molar-refractivity contribution in [3.63, 3.8) is 0 Å². The molecule has 5 nitrogen and oxygen atoms in total. The molecule has 0 atom stereocenters. The second-order valence-corrected chi connectivity index (χ2v) is 4.55. The zero-order chi connectivity index (χ0) is 10.8. The number of rotatable bonds is 1. The molecule has 0 aliphatic carbocycles. The minimum Gasteiger partial charge on any atom is -0.389 e. The van der Waals surface area contributed by atoms with Gasteiger partial charge in [0.25, 0.3) is 5.91 Å². The van der Waals surface area contributed by atoms with Crippen LogP contribution in [0.15, 0.2) is 6.07 Å². The number of amides is 1. The Balaban J connectivity index is 2.02. The first-order chi connectivity index (χ1) is 7.16. The van der Waals surface area contributed by atoms with E-state index in [9.17, 15) is 4.79 Å². The van der Waals surface area contributed by atoms with E-state index in [-0.39, 0.29) is 5.91 Å². The lowest BCUT2D eigenvalue weighted by molar-refractivity contribution is 0.0659. The number of likely N-dealkylation sites (N-methyl/N-ethyl adjacent to an activating group) is 1. The Labute approximate surface area is 92.6 Å². The molecular formula is C9H14N4OS. The molecule has 1 aliphatic rings. The van der Waals surface area contributed by atoms with E-state index in [1.807, 2.05) is 4.90 Å². The standard InChI is InChI=1S/C9H14N4OS/c1-12-2-4-13(5-3-12)9(14)7-6-8(10)15-11-7/h6H,2-5,10H2,1H3. The summed E-state index contributed by atoms with van der Waals surface area (Å²) in [7, 11) is 2.06. The van der Waals surface area contributed by atoms with Crippen LogP contribution in [0.2, 0.25) is 0 Å². The summed E-state index contributed by atoms with van der Waals surface area (Å²) in [6, 6.07) is 1.64. The van der Waals surface area contributed by atoms with Gasteiger partial charge in [0, 0.05) is 32.2 Å². The van der Waals surface area contributed by atoms with Crippen molar-refractivity contribution >= 4 is 22.4 Å². The molecule has 0 radical (unpaired) electrons. The lowest BCUT2D eigenvalue weighted by atomic mass is 10.3. The SMILES string of the molecule is CN1CCN(C(=O)c2cc(N)sn2)CC1. The number of carbonyl (C=O) groups is 1. The highest BCUT2D eigenvalue weighted by molar-refractivity contribution is 7.10. The summed E-state index contributed by atoms with van der Waals surface area (Å²) in [5.74, 6) is -0.00366. The molecule has 2 N–H and O–H groups in total. The van der Waals surface area contributed by atoms with E-state index < -0.39 is 0 Å². The van der Waals surface area contributed by atoms with Gasteiger partial charge >= 0.3 is 0 Å². The van der Waals surface area contributed by atoms with Crippen LogP contribution in [-0.2, 0) is 0 Å². The van der Waals surface area contributed by atoms with Crippen LogP contribution in [0.25, 0.3) is 0 Å². The second-order valence-electron chi connectivity index (χ2n) is 3.71. The molecule has 1 fully saturated rings. The van der Waals surface area contributed by atoms with Gasteiger partial charge in [0.15, 0.2) is 0 Å². The molecule has 0 unspecified atom stereocenters. The molecule has 82 valence electrons. The predicted octanol–water partition coefficient (Wildman–Crippen LogP) is 0.113. The average Bonchev–Trinajstić information content (AvgIpc) is 2.65. The lowest BCUT2D eigenvalue weighted by Crippen LogP contribution is -2.47. The third-order valence-corrected chi connectivity index (χ3v) is 3.15. The maximum absolute atomic E-state index is 11.9. The maximum atomic E-state index is 11.9. The highest BCUT2D eigenvalue weighted by atomic mass is 32.1. The minimum atomic E-state index is -0.00366. The lowest BCUT2D eigenvalue weighted by Gasteiger charge is -2.31. The van der Waals surface area contributed by atoms with Crippen molar-refractivity contribution in [1.29, 1.82) is 0 Å². The number of nitrogens with zero attached hydrogens (tertiary/aromatic N) is 3. The first-order valence-electron chi connectivity index (χ1n) is 4.87. The van der Waals surface area contributed by atoms with Crippen molar-refractivity contribution in [3.8, 4) is 0 Å². The molecule has 0 aromatic carbocycles. The molecule has 1 aromatic rings. The van der Waals surface area contributed by atoms with Crippen molar-refractivity contribution in [2.75, 3.05) is 39.0 Å². The highest BCUT2D eigenvalue weighted by Gasteiger charge is 2.21. The zero-order valence-electron chi connectivity index (χ0n) is 8.64. The number of nitrogens with two attached hydrogens (primary N) is 1. The van der Waals surface area contributed by atoms with E-state index in [4.69, 9.17) is 5.73 Å². The molecule has 1 saturated heterocycles. The van der Waals surface area contributed by atoms with Crippen LogP contribution in [-0.4, -0.2) is 53.3 Å². The van der Waals surface area contributed by atoms with Gasteiger partial charge in [0.05, 0.1) is 0 Å². The second kappa shape index (κ2) is 4.16. The fraction of sp³-hybridized carbons (Fsp3) is 0.556. The van der Waals surface area contributed by atoms with Gasteiger partial charge in [-0.1, -0.05) is 0 Å². The Morgan fingerprint density at radius 2 is 2.13 bits per heavy atom. The smallest absolute Gasteiger partial charge is 0.273 e. The normalized spacial score (nSPS) is 18.1. The molecule has 6 heteroatoms. The summed E-state index contributed by atoms with van der Waals surface area (Å²) < 4.78 is 4.02. The first kappa shape index (κ1) is 10.4. The quantitative estimate of drug-likeness (QED) is 0.738. The van der Waals surface area contributed by atoms with Gasteiger partial charge in [-0.2, -0.15) is 4.37 Å². The number of piperazine rings is 1. The Morgan fingerprint density at radius 1 is 1.47 bits per heavy atom. The van der Waals surface area contributed by atoms with E-state index in [0.717, 1.165) is 26.2 Å². The van der Waals surface area contributed by atoms with Gasteiger partial charge in [-0.25, -0.2) is 0 Å². The number of nitrogen functional groups attached to an aromatic ring is 1. The van der Waals surface area contributed by atoms with Gasteiger partial charge in [-0.3, -0.25) is 4.79 Å². The van der Waals surface area contributed by atoms with E-state index in [2.05, 4.69) is 16.3 Å². The topological polar surface area (TPSA) is 62.5 Å². The van der Waals surface area contributed by atoms with Crippen LogP contribution < -0.4 is 5.73 Å². The molecule has 0 saturated carbocycles. The summed E-state index contributed by atoms with van der Waals surface area (Å²) in [6.45, 7) is 3.39. The molecular weight excluding hydrogens is 212 g/mol. The molecule has 1 aromatic heterocycles. The van der Waals surface area contributed by atoms with Crippen molar-refractivity contribution in [1.82, 2.24) is 14.2 Å². The number of hydrogen-bond donors (Lipinski definition) is 1. The Kier molecular flexibility index (Phi) is 2.88. The van der Waals surface area contributed by atoms with E-state index in [1.54, 1.807) is 6.07 Å². The van der Waals surface area contributed by atoms with Gasteiger partial charge in [0.1, 0.15) is 10.7 Å². The molecule has 1 amide bonds. The van der Waals surface area contributed by atoms with Crippen molar-refractivity contribution in [2.24, 2.45) is 0 Å². The van der Waals surface area contributed by atoms with Crippen molar-refractivity contribution in [3.05, 3.63) is 11.8 Å². The van der Waals surface area contributed by atoms with Crippen LogP contribution >= 0.6 is 11.5 Å². The van der Waals surface area contributed by atoms with Crippen LogP contribution in [0.3, 0.4) is 0 Å². The van der Waals surface area contributed by atoms with Crippen molar-refractivity contribution < 1.29 is 4.79 Å². The number of aromatic nitrogens is 1. The summed E-state index contributed by atoms with van der Waals surface area (Å²) >= 11 is 1.17. The first-order valence-corrected chi connectivity index (χ1v) is 5.64. The largest absolute Gasteiger partial charge is 0.389 e. The highest BCUT2D eigenvalue weighted by Crippen LogP contribution is 2.14. The monoisotopic (exact) mass is 226 g/mol. The minimum absolute atomic E-state index is 0.00366. The van der Waals surface area contributed by atoms with E-state index in [0.29, 0.717) is 10.7 Å². The summed E-state index contributed by atoms with van der Waals surface area (Å²) in [6.07, 6.45) is 0. The van der Waals surface area contributed by atoms with Gasteiger partial charge < -0.3 is 15.5 Å². The predicted molar refractivity (Wildman–Crippen MR) is 59.9 cm³/mol. The average molecular weight is 226 g/mol. The molecule has 15 heavy (non-hydrogen) atoms. The number of anilines is 1. The molecule has 0 spiro atoms. The number of carbonyl (C=O) groups excluding carboxylic acids is 1. The Morgan fingerprint density at radius 3 is 2.67 bits per heavy atom. The molecule has 1 aliphatic heterocycles. The molecule has 2 heterocycles. The Bertz CT molecular complexity index is 357. The summed E-state index contributed by atoms with van der Waals surface area (Å²) in [4.78, 5) is 16.0. The maximum Gasteiger partial charge on any atom is 0.273 e. The van der Waals surface area contributed by atoms with Gasteiger partial charge in [0.2, 0.25) is 0 Å². The zero-order valence-corrected chi connectivity index (χ0v) is 9.46. The van der Waals surface area contributed by atoms with Crippen LogP contribution in [0.4, 0.5) is 5.00 Å². The molecule has 2 rings (SSSR count). The summed E-state index contributed by atoms with van der Waals surface area (Å²) in [5, 5.41) is 0.590. The third kappa shape index (κ3) is 2.27. The van der Waals surface area contributed by atoms with Gasteiger partial charge in [-0.15, -0.1) is 0 Å². The van der Waals surface area contributed by atoms with E-state index >= 15 is 0 Å². The van der Waals surface area contributed by atoms with Crippen LogP contribution in [0, 0.1) is 0 Å². The van der Waals surface area contributed by atoms with Crippen molar-refractivity contribution in [2.45, 2.75) is 0 Å². The summed E-state index contributed by atoms with van der Waals surface area (Å²) in [5.41, 5.74) is 6.02. The van der Waals surface area contributed by atoms with Crippen LogP contribution in [0.5, 0.6) is 0 Å². The van der Waals surface area contributed by atoms with Gasteiger partial charge in [-0.05, 0) is 18.6 Å². The number of hydrogen-bond acceptors (Lipinski definition) is 5. The molecule has 0 bridgehead atoms. The fourth-order valence-corrected chi connectivity index (χ4v) is 2.06. The Hall–Kier alpha value is -1.14. The van der Waals surface area contributed by atoms with E-state index in [1.165, 1.54) is 11.5 Å². The van der Waals surface area contributed by atoms with Crippen LogP contribution in [0.1, 0.15) is 10.5 Å².